The molecule has 1 atom stereocenters. The highest BCUT2D eigenvalue weighted by atomic mass is 16.2. The first-order chi connectivity index (χ1) is 10.8. The Morgan fingerprint density at radius 3 is 2.64 bits per heavy atom. The third kappa shape index (κ3) is 3.75. The Kier molecular flexibility index (Phi) is 4.88. The lowest BCUT2D eigenvalue weighted by Gasteiger charge is -2.35. The molecule has 6 heteroatoms. The van der Waals surface area contributed by atoms with Crippen LogP contribution in [0.2, 0.25) is 0 Å². The molecule has 0 radical (unpaired) electrons. The third-order valence-electron chi connectivity index (χ3n) is 4.32. The van der Waals surface area contributed by atoms with Gasteiger partial charge in [0.15, 0.2) is 0 Å². The van der Waals surface area contributed by atoms with Crippen molar-refractivity contribution in [3.63, 3.8) is 0 Å². The largest absolute Gasteiger partial charge is 0.338 e. The lowest BCUT2D eigenvalue weighted by Crippen LogP contribution is -2.52. The molecule has 2 heterocycles. The van der Waals surface area contributed by atoms with Gasteiger partial charge in [-0.25, -0.2) is 14.8 Å². The fourth-order valence-electron chi connectivity index (χ4n) is 2.95. The lowest BCUT2D eigenvalue weighted by molar-refractivity contribution is 0.192. The predicted octanol–water partition coefficient (Wildman–Crippen LogP) is 1.66. The monoisotopic (exact) mass is 301 g/mol. The number of hydrogen-bond acceptors (Lipinski definition) is 4. The molecular formula is C16H23N5O. The van der Waals surface area contributed by atoms with Crippen molar-refractivity contribution < 1.29 is 4.79 Å². The van der Waals surface area contributed by atoms with E-state index in [1.54, 1.807) is 12.4 Å². The van der Waals surface area contributed by atoms with E-state index < -0.39 is 0 Å². The Morgan fingerprint density at radius 1 is 1.18 bits per heavy atom. The highest BCUT2D eigenvalue weighted by Crippen LogP contribution is 2.17. The number of rotatable bonds is 3. The zero-order valence-corrected chi connectivity index (χ0v) is 12.8. The Balaban J connectivity index is 1.42. The van der Waals surface area contributed by atoms with Gasteiger partial charge in [-0.3, -0.25) is 0 Å². The van der Waals surface area contributed by atoms with Gasteiger partial charge >= 0.3 is 6.03 Å². The van der Waals surface area contributed by atoms with E-state index in [4.69, 9.17) is 0 Å². The van der Waals surface area contributed by atoms with Crippen molar-refractivity contribution in [3.8, 4) is 0 Å². The summed E-state index contributed by atoms with van der Waals surface area (Å²) in [7, 11) is 0. The van der Waals surface area contributed by atoms with E-state index in [0.29, 0.717) is 19.0 Å². The number of carbonyl (C=O) groups is 1. The summed E-state index contributed by atoms with van der Waals surface area (Å²) in [5, 5.41) is 3.08. The first-order valence-electron chi connectivity index (χ1n) is 8.02. The fourth-order valence-corrected chi connectivity index (χ4v) is 2.95. The maximum absolute atomic E-state index is 12.2. The van der Waals surface area contributed by atoms with Crippen LogP contribution in [0.15, 0.2) is 30.6 Å². The Bertz CT molecular complexity index is 511. The molecule has 0 spiro atoms. The maximum Gasteiger partial charge on any atom is 0.317 e. The zero-order valence-electron chi connectivity index (χ0n) is 12.8. The first kappa shape index (κ1) is 14.8. The van der Waals surface area contributed by atoms with Crippen LogP contribution in [-0.4, -0.2) is 53.6 Å². The molecule has 6 nitrogen and oxygen atoms in total. The number of anilines is 1. The fraction of sp³-hybridized carbons (Fsp3) is 0.562. The molecule has 22 heavy (non-hydrogen) atoms. The van der Waals surface area contributed by atoms with Crippen LogP contribution in [0.25, 0.3) is 0 Å². The summed E-state index contributed by atoms with van der Waals surface area (Å²) in [6.45, 7) is 3.78. The van der Waals surface area contributed by atoms with Gasteiger partial charge < -0.3 is 15.1 Å². The molecule has 1 aromatic heterocycles. The Labute approximate surface area is 131 Å². The molecule has 1 fully saturated rings. The van der Waals surface area contributed by atoms with Crippen LogP contribution in [0, 0.1) is 5.92 Å². The summed E-state index contributed by atoms with van der Waals surface area (Å²) in [5.41, 5.74) is 0. The number of carbonyl (C=O) groups excluding carboxylic acids is 1. The van der Waals surface area contributed by atoms with Crippen LogP contribution in [-0.2, 0) is 0 Å². The second kappa shape index (κ2) is 7.24. The SMILES string of the molecule is O=C(NCC1CC=CCC1)N1CCN(c2ncccn2)CC1. The van der Waals surface area contributed by atoms with Gasteiger partial charge in [-0.05, 0) is 31.2 Å². The van der Waals surface area contributed by atoms with Gasteiger partial charge in [-0.1, -0.05) is 12.2 Å². The van der Waals surface area contributed by atoms with Crippen LogP contribution in [0.4, 0.5) is 10.7 Å². The molecule has 1 unspecified atom stereocenters. The summed E-state index contributed by atoms with van der Waals surface area (Å²) < 4.78 is 0. The van der Waals surface area contributed by atoms with E-state index in [-0.39, 0.29) is 6.03 Å². The number of aromatic nitrogens is 2. The highest BCUT2D eigenvalue weighted by Gasteiger charge is 2.22. The number of urea groups is 1. The maximum atomic E-state index is 12.2. The molecular weight excluding hydrogens is 278 g/mol. The molecule has 3 rings (SSSR count). The van der Waals surface area contributed by atoms with Crippen LogP contribution in [0.1, 0.15) is 19.3 Å². The molecule has 2 amide bonds. The van der Waals surface area contributed by atoms with Crippen molar-refractivity contribution in [2.24, 2.45) is 5.92 Å². The molecule has 1 aromatic rings. The summed E-state index contributed by atoms with van der Waals surface area (Å²) >= 11 is 0. The summed E-state index contributed by atoms with van der Waals surface area (Å²) in [4.78, 5) is 24.8. The molecule has 0 aromatic carbocycles. The van der Waals surface area contributed by atoms with Crippen LogP contribution in [0.3, 0.4) is 0 Å². The van der Waals surface area contributed by atoms with E-state index in [0.717, 1.165) is 38.4 Å². The van der Waals surface area contributed by atoms with Crippen molar-refractivity contribution in [2.45, 2.75) is 19.3 Å². The van der Waals surface area contributed by atoms with Crippen molar-refractivity contribution in [2.75, 3.05) is 37.6 Å². The molecule has 2 aliphatic rings. The standard InChI is InChI=1S/C16H23N5O/c22-16(19-13-14-5-2-1-3-6-14)21-11-9-20(10-12-21)15-17-7-4-8-18-15/h1-2,4,7-8,14H,3,5-6,9-13H2,(H,19,22). The average molecular weight is 301 g/mol. The highest BCUT2D eigenvalue weighted by molar-refractivity contribution is 5.74. The molecule has 0 bridgehead atoms. The first-order valence-corrected chi connectivity index (χ1v) is 8.02. The molecule has 1 aliphatic heterocycles. The topological polar surface area (TPSA) is 61.4 Å². The summed E-state index contributed by atoms with van der Waals surface area (Å²) in [6, 6.07) is 1.87. The van der Waals surface area contributed by atoms with Crippen LogP contribution in [0.5, 0.6) is 0 Å². The second-order valence-electron chi connectivity index (χ2n) is 5.86. The number of nitrogens with zero attached hydrogens (tertiary/aromatic N) is 4. The van der Waals surface area contributed by atoms with Gasteiger partial charge in [0.2, 0.25) is 5.95 Å². The van der Waals surface area contributed by atoms with Crippen molar-refractivity contribution in [3.05, 3.63) is 30.6 Å². The van der Waals surface area contributed by atoms with E-state index in [1.807, 2.05) is 11.0 Å². The number of allylic oxidation sites excluding steroid dienone is 2. The Hall–Kier alpha value is -2.11. The van der Waals surface area contributed by atoms with E-state index in [2.05, 4.69) is 32.3 Å². The number of hydrogen-bond donors (Lipinski definition) is 1. The van der Waals surface area contributed by atoms with Gasteiger partial charge in [0.25, 0.3) is 0 Å². The van der Waals surface area contributed by atoms with Crippen molar-refractivity contribution in [1.82, 2.24) is 20.2 Å². The van der Waals surface area contributed by atoms with Gasteiger partial charge in [0.05, 0.1) is 0 Å². The average Bonchev–Trinajstić information content (AvgIpc) is 2.61. The minimum Gasteiger partial charge on any atom is -0.338 e. The minimum absolute atomic E-state index is 0.0585. The molecule has 118 valence electrons. The zero-order chi connectivity index (χ0) is 15.2. The summed E-state index contributed by atoms with van der Waals surface area (Å²) in [5.74, 6) is 1.34. The smallest absolute Gasteiger partial charge is 0.317 e. The van der Waals surface area contributed by atoms with Gasteiger partial charge in [-0.2, -0.15) is 0 Å². The minimum atomic E-state index is 0.0585. The van der Waals surface area contributed by atoms with Gasteiger partial charge in [0, 0.05) is 45.1 Å². The molecule has 1 N–H and O–H groups in total. The third-order valence-corrected chi connectivity index (χ3v) is 4.32. The second-order valence-corrected chi connectivity index (χ2v) is 5.86. The quantitative estimate of drug-likeness (QED) is 0.863. The summed E-state index contributed by atoms with van der Waals surface area (Å²) in [6.07, 6.45) is 11.3. The Morgan fingerprint density at radius 2 is 1.95 bits per heavy atom. The van der Waals surface area contributed by atoms with E-state index in [9.17, 15) is 4.79 Å². The van der Waals surface area contributed by atoms with Crippen molar-refractivity contribution in [1.29, 1.82) is 0 Å². The van der Waals surface area contributed by atoms with Gasteiger partial charge in [0.1, 0.15) is 0 Å². The van der Waals surface area contributed by atoms with Gasteiger partial charge in [-0.15, -0.1) is 0 Å². The predicted molar refractivity (Wildman–Crippen MR) is 85.7 cm³/mol. The molecule has 1 aliphatic carbocycles. The lowest BCUT2D eigenvalue weighted by atomic mass is 9.94. The molecule has 1 saturated heterocycles. The number of amides is 2. The van der Waals surface area contributed by atoms with E-state index in [1.165, 1.54) is 6.42 Å². The van der Waals surface area contributed by atoms with Crippen LogP contribution >= 0.6 is 0 Å². The normalized spacial score (nSPS) is 21.7. The molecule has 0 saturated carbocycles. The van der Waals surface area contributed by atoms with E-state index >= 15 is 0 Å². The van der Waals surface area contributed by atoms with Crippen molar-refractivity contribution >= 4 is 12.0 Å². The number of nitrogens with one attached hydrogen (secondary N) is 1. The van der Waals surface area contributed by atoms with Crippen LogP contribution < -0.4 is 10.2 Å². The number of piperazine rings is 1.